The van der Waals surface area contributed by atoms with Crippen LogP contribution in [-0.2, 0) is 14.3 Å². The van der Waals surface area contributed by atoms with E-state index in [9.17, 15) is 24.9 Å². The zero-order valence-corrected chi connectivity index (χ0v) is 22.0. The van der Waals surface area contributed by atoms with Crippen molar-refractivity contribution in [2.24, 2.45) is 46.3 Å². The molecule has 0 aromatic carbocycles. The summed E-state index contributed by atoms with van der Waals surface area (Å²) in [6, 6.07) is 0. The molecule has 6 unspecified atom stereocenters. The molecule has 196 valence electrons. The van der Waals surface area contributed by atoms with Crippen molar-refractivity contribution < 1.29 is 29.6 Å². The van der Waals surface area contributed by atoms with E-state index in [1.807, 2.05) is 0 Å². The Morgan fingerprint density at radius 2 is 1.74 bits per heavy atom. The SMILES string of the molecule is CC(C)C1CC(=O)OC(C(C)C2=CC(=O)C3C4[C@@H](O)[C@H](O)C5CCCC[C@]5(C)[C@@]4(O)CC[C@]23C)C1. The van der Waals surface area contributed by atoms with Crippen LogP contribution in [-0.4, -0.2) is 51.0 Å². The van der Waals surface area contributed by atoms with E-state index in [1.54, 1.807) is 6.08 Å². The summed E-state index contributed by atoms with van der Waals surface area (Å²) < 4.78 is 5.82. The average Bonchev–Trinajstić information content (AvgIpc) is 3.07. The van der Waals surface area contributed by atoms with Crippen LogP contribution in [0.25, 0.3) is 0 Å². The first-order valence-electron chi connectivity index (χ1n) is 13.9. The monoisotopic (exact) mass is 488 g/mol. The van der Waals surface area contributed by atoms with Gasteiger partial charge in [-0.2, -0.15) is 0 Å². The minimum absolute atomic E-state index is 0.0656. The lowest BCUT2D eigenvalue weighted by Gasteiger charge is -2.66. The second kappa shape index (κ2) is 8.39. The number of ether oxygens (including phenoxy) is 1. The van der Waals surface area contributed by atoms with Crippen molar-refractivity contribution in [2.75, 3.05) is 0 Å². The Kier molecular flexibility index (Phi) is 6.09. The minimum Gasteiger partial charge on any atom is -0.462 e. The van der Waals surface area contributed by atoms with Gasteiger partial charge < -0.3 is 20.1 Å². The third-order valence-electron chi connectivity index (χ3n) is 11.5. The molecule has 1 aliphatic heterocycles. The summed E-state index contributed by atoms with van der Waals surface area (Å²) >= 11 is 0. The fourth-order valence-corrected chi connectivity index (χ4v) is 9.24. The molecule has 0 aromatic rings. The molecule has 0 aromatic heterocycles. The summed E-state index contributed by atoms with van der Waals surface area (Å²) in [4.78, 5) is 26.1. The van der Waals surface area contributed by atoms with E-state index in [2.05, 4.69) is 34.6 Å². The molecule has 0 amide bonds. The van der Waals surface area contributed by atoms with Crippen molar-refractivity contribution in [3.63, 3.8) is 0 Å². The molecule has 3 N–H and O–H groups in total. The lowest BCUT2D eigenvalue weighted by Crippen LogP contribution is -2.73. The van der Waals surface area contributed by atoms with Gasteiger partial charge in [0.15, 0.2) is 5.78 Å². The second-order valence-electron chi connectivity index (χ2n) is 13.4. The van der Waals surface area contributed by atoms with Gasteiger partial charge in [0.25, 0.3) is 0 Å². The molecule has 0 spiro atoms. The lowest BCUT2D eigenvalue weighted by atomic mass is 9.41. The van der Waals surface area contributed by atoms with Crippen LogP contribution >= 0.6 is 0 Å². The van der Waals surface area contributed by atoms with Gasteiger partial charge >= 0.3 is 5.97 Å². The van der Waals surface area contributed by atoms with Crippen molar-refractivity contribution in [2.45, 2.75) is 110 Å². The zero-order valence-electron chi connectivity index (χ0n) is 22.0. The number of aliphatic hydroxyl groups excluding tert-OH is 2. The van der Waals surface area contributed by atoms with Gasteiger partial charge in [0.1, 0.15) is 6.10 Å². The first kappa shape index (κ1) is 25.4. The highest BCUT2D eigenvalue weighted by molar-refractivity contribution is 5.97. The van der Waals surface area contributed by atoms with Crippen LogP contribution in [0, 0.1) is 46.3 Å². The van der Waals surface area contributed by atoms with E-state index in [1.165, 1.54) is 0 Å². The van der Waals surface area contributed by atoms with E-state index in [4.69, 9.17) is 4.74 Å². The van der Waals surface area contributed by atoms with Crippen molar-refractivity contribution in [1.29, 1.82) is 0 Å². The summed E-state index contributed by atoms with van der Waals surface area (Å²) in [5.41, 5.74) is -1.27. The summed E-state index contributed by atoms with van der Waals surface area (Å²) in [6.45, 7) is 10.5. The number of carbonyl (C=O) groups is 2. The highest BCUT2D eigenvalue weighted by Gasteiger charge is 2.72. The van der Waals surface area contributed by atoms with E-state index < -0.39 is 40.5 Å². The molecule has 1 saturated heterocycles. The van der Waals surface area contributed by atoms with Crippen LogP contribution in [0.3, 0.4) is 0 Å². The first-order valence-corrected chi connectivity index (χ1v) is 13.9. The number of esters is 1. The minimum atomic E-state index is -1.19. The summed E-state index contributed by atoms with van der Waals surface area (Å²) in [6.07, 6.45) is 5.33. The molecule has 6 nitrogen and oxygen atoms in total. The van der Waals surface area contributed by atoms with Crippen LogP contribution in [0.15, 0.2) is 11.6 Å². The van der Waals surface area contributed by atoms with Gasteiger partial charge in [-0.15, -0.1) is 0 Å². The second-order valence-corrected chi connectivity index (χ2v) is 13.4. The Hall–Kier alpha value is -1.24. The first-order chi connectivity index (χ1) is 16.3. The van der Waals surface area contributed by atoms with Crippen LogP contribution in [0.4, 0.5) is 0 Å². The van der Waals surface area contributed by atoms with Gasteiger partial charge in [0.05, 0.1) is 17.8 Å². The predicted molar refractivity (Wildman–Crippen MR) is 131 cm³/mol. The molecule has 6 heteroatoms. The van der Waals surface area contributed by atoms with E-state index in [-0.39, 0.29) is 35.6 Å². The fraction of sp³-hybridized carbons (Fsp3) is 0.862. The Bertz CT molecular complexity index is 926. The molecule has 4 fully saturated rings. The summed E-state index contributed by atoms with van der Waals surface area (Å²) in [5.74, 6) is -1.15. The number of allylic oxidation sites excluding steroid dienone is 1. The molecule has 5 aliphatic rings. The topological polar surface area (TPSA) is 104 Å². The Morgan fingerprint density at radius 1 is 1.03 bits per heavy atom. The van der Waals surface area contributed by atoms with Crippen molar-refractivity contribution in [1.82, 2.24) is 0 Å². The highest BCUT2D eigenvalue weighted by Crippen LogP contribution is 2.68. The predicted octanol–water partition coefficient (Wildman–Crippen LogP) is 3.80. The maximum absolute atomic E-state index is 13.7. The lowest BCUT2D eigenvalue weighted by molar-refractivity contribution is -0.287. The third-order valence-corrected chi connectivity index (χ3v) is 11.5. The summed E-state index contributed by atoms with van der Waals surface area (Å²) in [5, 5.41) is 34.9. The largest absolute Gasteiger partial charge is 0.462 e. The normalized spacial score (nSPS) is 50.7. The number of carbonyl (C=O) groups excluding carboxylic acids is 2. The number of ketones is 1. The summed E-state index contributed by atoms with van der Waals surface area (Å²) in [7, 11) is 0. The number of cyclic esters (lactones) is 1. The Balaban J connectivity index is 1.48. The molecular formula is C29H44O6. The maximum atomic E-state index is 13.7. The van der Waals surface area contributed by atoms with Crippen molar-refractivity contribution in [3.05, 3.63) is 11.6 Å². The fourth-order valence-electron chi connectivity index (χ4n) is 9.24. The van der Waals surface area contributed by atoms with Crippen LogP contribution < -0.4 is 0 Å². The molecule has 5 rings (SSSR count). The number of rotatable bonds is 3. The highest BCUT2D eigenvalue weighted by atomic mass is 16.5. The van der Waals surface area contributed by atoms with Gasteiger partial charge in [-0.3, -0.25) is 9.59 Å². The molecular weight excluding hydrogens is 444 g/mol. The molecule has 11 atom stereocenters. The third kappa shape index (κ3) is 3.45. The quantitative estimate of drug-likeness (QED) is 0.522. The van der Waals surface area contributed by atoms with Crippen LogP contribution in [0.1, 0.15) is 86.0 Å². The van der Waals surface area contributed by atoms with Gasteiger partial charge in [0, 0.05) is 29.6 Å². The standard InChI is InChI=1S/C29H44O6/c1-15(2)17-12-21(35-22(31)13-17)16(3)19-14-20(30)23-24-26(33)25(32)18-8-6-7-9-28(18,5)29(24,34)11-10-27(19,23)4/h14-18,21,23-26,32-34H,6-13H2,1-5H3/t16?,17?,18?,21?,23?,24?,25-,26-,27-,28+,29-/m1/s1. The zero-order chi connectivity index (χ0) is 25.5. The number of hydrogen-bond acceptors (Lipinski definition) is 6. The van der Waals surface area contributed by atoms with Gasteiger partial charge in [0.2, 0.25) is 0 Å². The van der Waals surface area contributed by atoms with Crippen LogP contribution in [0.5, 0.6) is 0 Å². The van der Waals surface area contributed by atoms with E-state index in [0.717, 1.165) is 37.7 Å². The van der Waals surface area contributed by atoms with E-state index in [0.29, 0.717) is 25.2 Å². The molecule has 0 bridgehead atoms. The van der Waals surface area contributed by atoms with Crippen molar-refractivity contribution in [3.8, 4) is 0 Å². The molecule has 1 heterocycles. The Morgan fingerprint density at radius 3 is 2.43 bits per heavy atom. The van der Waals surface area contributed by atoms with Gasteiger partial charge in [-0.1, -0.05) is 53.0 Å². The van der Waals surface area contributed by atoms with E-state index >= 15 is 0 Å². The van der Waals surface area contributed by atoms with Gasteiger partial charge in [-0.05, 0) is 61.3 Å². The average molecular weight is 489 g/mol. The number of fused-ring (bicyclic) bond motifs is 5. The molecule has 0 radical (unpaired) electrons. The van der Waals surface area contributed by atoms with Crippen molar-refractivity contribution >= 4 is 11.8 Å². The van der Waals surface area contributed by atoms with Crippen LogP contribution in [0.2, 0.25) is 0 Å². The molecule has 4 aliphatic carbocycles. The number of hydrogen-bond donors (Lipinski definition) is 3. The maximum Gasteiger partial charge on any atom is 0.306 e. The van der Waals surface area contributed by atoms with Gasteiger partial charge in [-0.25, -0.2) is 0 Å². The Labute approximate surface area is 209 Å². The molecule has 3 saturated carbocycles. The number of aliphatic hydroxyl groups is 3. The smallest absolute Gasteiger partial charge is 0.306 e. The molecule has 35 heavy (non-hydrogen) atoms.